The van der Waals surface area contributed by atoms with E-state index in [9.17, 15) is 9.90 Å². The molecule has 3 aromatic rings. The van der Waals surface area contributed by atoms with E-state index in [-0.39, 0.29) is 25.4 Å². The fraction of sp³-hybridized carbons (Fsp3) is 0.233. The quantitative estimate of drug-likeness (QED) is 0.304. The summed E-state index contributed by atoms with van der Waals surface area (Å²) in [5.41, 5.74) is 2.26. The van der Waals surface area contributed by atoms with Gasteiger partial charge in [-0.3, -0.25) is 0 Å². The van der Waals surface area contributed by atoms with Gasteiger partial charge in [0.15, 0.2) is 11.5 Å². The van der Waals surface area contributed by atoms with Gasteiger partial charge in [0.1, 0.15) is 23.9 Å². The Hall–Kier alpha value is -4.43. The molecule has 0 bridgehead atoms. The number of esters is 1. The van der Waals surface area contributed by atoms with Crippen LogP contribution in [0.1, 0.15) is 23.6 Å². The number of methoxy groups -OCH3 is 1. The van der Waals surface area contributed by atoms with Crippen LogP contribution < -0.4 is 23.7 Å². The van der Waals surface area contributed by atoms with Gasteiger partial charge in [-0.05, 0) is 60.5 Å². The summed E-state index contributed by atoms with van der Waals surface area (Å²) in [6, 6.07) is 17.4. The first-order chi connectivity index (χ1) is 18.5. The molecule has 38 heavy (non-hydrogen) atoms. The summed E-state index contributed by atoms with van der Waals surface area (Å²) in [6.07, 6.45) is 1.79. The van der Waals surface area contributed by atoms with E-state index in [1.165, 1.54) is 0 Å². The van der Waals surface area contributed by atoms with Crippen molar-refractivity contribution in [3.05, 3.63) is 95.6 Å². The average molecular weight is 517 g/mol. The van der Waals surface area contributed by atoms with E-state index in [2.05, 4.69) is 6.58 Å². The molecule has 0 radical (unpaired) electrons. The Morgan fingerprint density at radius 1 is 1.00 bits per heavy atom. The van der Waals surface area contributed by atoms with Crippen LogP contribution in [-0.2, 0) is 21.7 Å². The van der Waals surface area contributed by atoms with Crippen LogP contribution in [0, 0.1) is 0 Å². The van der Waals surface area contributed by atoms with Gasteiger partial charge in [-0.15, -0.1) is 0 Å². The minimum absolute atomic E-state index is 0.0983. The lowest BCUT2D eigenvalue weighted by Crippen LogP contribution is -2.29. The minimum atomic E-state index is -2.02. The van der Waals surface area contributed by atoms with Crippen molar-refractivity contribution in [2.45, 2.75) is 19.1 Å². The van der Waals surface area contributed by atoms with E-state index in [4.69, 9.17) is 28.4 Å². The number of hydrogen-bond donors (Lipinski definition) is 1. The molecule has 5 rings (SSSR count). The normalized spacial score (nSPS) is 17.8. The van der Waals surface area contributed by atoms with Crippen molar-refractivity contribution < 1.29 is 38.3 Å². The number of cyclic esters (lactones) is 1. The topological polar surface area (TPSA) is 92.7 Å². The Balaban J connectivity index is 1.65. The van der Waals surface area contributed by atoms with Crippen molar-refractivity contribution in [2.75, 3.05) is 27.1 Å². The Labute approximate surface area is 220 Å². The molecule has 1 atom stereocenters. The van der Waals surface area contributed by atoms with Gasteiger partial charge in [0.2, 0.25) is 6.79 Å². The second-order valence-corrected chi connectivity index (χ2v) is 8.66. The Kier molecular flexibility index (Phi) is 6.98. The van der Waals surface area contributed by atoms with Gasteiger partial charge >= 0.3 is 5.97 Å². The summed E-state index contributed by atoms with van der Waals surface area (Å²) in [4.78, 5) is 13.4. The molecular weight excluding hydrogens is 488 g/mol. The summed E-state index contributed by atoms with van der Waals surface area (Å²) in [6.45, 7) is 6.48. The molecule has 0 aromatic heterocycles. The molecule has 8 heteroatoms. The fourth-order valence-electron chi connectivity index (χ4n) is 4.55. The van der Waals surface area contributed by atoms with E-state index < -0.39 is 11.8 Å². The highest BCUT2D eigenvalue weighted by Crippen LogP contribution is 2.47. The van der Waals surface area contributed by atoms with Crippen LogP contribution in [-0.4, -0.2) is 38.2 Å². The van der Waals surface area contributed by atoms with Crippen LogP contribution in [0.5, 0.6) is 28.7 Å². The predicted molar refractivity (Wildman–Crippen MR) is 139 cm³/mol. The Morgan fingerprint density at radius 3 is 2.50 bits per heavy atom. The van der Waals surface area contributed by atoms with Crippen LogP contribution in [0.15, 0.2) is 78.9 Å². The maximum Gasteiger partial charge on any atom is 0.342 e. The molecule has 0 aliphatic carbocycles. The van der Waals surface area contributed by atoms with Gasteiger partial charge in [0, 0.05) is 23.6 Å². The van der Waals surface area contributed by atoms with Crippen LogP contribution >= 0.6 is 0 Å². The molecule has 3 aromatic carbocycles. The standard InChI is InChI=1S/C30H28O8/c1-4-14-35-26-17-23(33-3)10-6-19(26)15-24-28(20-7-13-25-27(16-20)37-18-36-25)29(31)38-30(24,32)21-8-11-22(12-9-21)34-5-2/h4,6-13,16-17,32H,1,5,14-15,18H2,2-3H3. The number of carbonyl (C=O) groups excluding carboxylic acids is 1. The first-order valence-corrected chi connectivity index (χ1v) is 12.2. The van der Waals surface area contributed by atoms with Gasteiger partial charge in [-0.1, -0.05) is 24.8 Å². The third-order valence-corrected chi connectivity index (χ3v) is 6.37. The summed E-state index contributed by atoms with van der Waals surface area (Å²) in [5.74, 6) is 0.201. The van der Waals surface area contributed by atoms with Crippen molar-refractivity contribution in [3.8, 4) is 28.7 Å². The molecular formula is C30H28O8. The van der Waals surface area contributed by atoms with Gasteiger partial charge in [0.25, 0.3) is 5.79 Å². The second-order valence-electron chi connectivity index (χ2n) is 8.66. The summed E-state index contributed by atoms with van der Waals surface area (Å²) in [7, 11) is 1.57. The number of fused-ring (bicyclic) bond motifs is 1. The molecule has 0 amide bonds. The molecule has 8 nitrogen and oxygen atoms in total. The first kappa shape index (κ1) is 25.2. The van der Waals surface area contributed by atoms with E-state index in [0.717, 1.165) is 5.56 Å². The van der Waals surface area contributed by atoms with E-state index in [0.29, 0.717) is 52.1 Å². The highest BCUT2D eigenvalue weighted by molar-refractivity contribution is 6.20. The lowest BCUT2D eigenvalue weighted by Gasteiger charge is -2.26. The summed E-state index contributed by atoms with van der Waals surface area (Å²) in [5, 5.41) is 12.0. The van der Waals surface area contributed by atoms with Crippen LogP contribution in [0.4, 0.5) is 0 Å². The Bertz CT molecular complexity index is 1390. The predicted octanol–water partition coefficient (Wildman–Crippen LogP) is 4.79. The third-order valence-electron chi connectivity index (χ3n) is 6.37. The molecule has 0 fully saturated rings. The number of rotatable bonds is 10. The van der Waals surface area contributed by atoms with Gasteiger partial charge in [0.05, 0.1) is 19.3 Å². The molecule has 0 saturated carbocycles. The van der Waals surface area contributed by atoms with Crippen LogP contribution in [0.2, 0.25) is 0 Å². The Morgan fingerprint density at radius 2 is 1.76 bits per heavy atom. The van der Waals surface area contributed by atoms with Gasteiger partial charge in [-0.2, -0.15) is 0 Å². The number of carbonyl (C=O) groups is 1. The van der Waals surface area contributed by atoms with E-state index >= 15 is 0 Å². The van der Waals surface area contributed by atoms with Crippen LogP contribution in [0.25, 0.3) is 5.57 Å². The van der Waals surface area contributed by atoms with Gasteiger partial charge < -0.3 is 33.5 Å². The molecule has 196 valence electrons. The zero-order valence-electron chi connectivity index (χ0n) is 21.2. The highest BCUT2D eigenvalue weighted by atomic mass is 16.7. The largest absolute Gasteiger partial charge is 0.497 e. The molecule has 2 heterocycles. The number of benzene rings is 3. The van der Waals surface area contributed by atoms with Crippen molar-refractivity contribution in [3.63, 3.8) is 0 Å². The maximum absolute atomic E-state index is 13.4. The van der Waals surface area contributed by atoms with E-state index in [1.807, 2.05) is 13.0 Å². The van der Waals surface area contributed by atoms with Crippen molar-refractivity contribution in [1.82, 2.24) is 0 Å². The number of aliphatic hydroxyl groups is 1. The zero-order chi connectivity index (χ0) is 26.7. The van der Waals surface area contributed by atoms with Crippen molar-refractivity contribution in [1.29, 1.82) is 0 Å². The summed E-state index contributed by atoms with van der Waals surface area (Å²) < 4.78 is 33.5. The average Bonchev–Trinajstić information content (AvgIpc) is 3.50. The molecule has 1 unspecified atom stereocenters. The molecule has 1 N–H and O–H groups in total. The highest BCUT2D eigenvalue weighted by Gasteiger charge is 2.48. The van der Waals surface area contributed by atoms with Crippen molar-refractivity contribution >= 4 is 11.5 Å². The third kappa shape index (κ3) is 4.66. The fourth-order valence-corrected chi connectivity index (χ4v) is 4.55. The van der Waals surface area contributed by atoms with Crippen molar-refractivity contribution in [2.24, 2.45) is 0 Å². The molecule has 0 saturated heterocycles. The molecule has 2 aliphatic rings. The van der Waals surface area contributed by atoms with E-state index in [1.54, 1.807) is 67.8 Å². The second kappa shape index (κ2) is 10.5. The lowest BCUT2D eigenvalue weighted by molar-refractivity contribution is -0.185. The monoisotopic (exact) mass is 516 g/mol. The molecule has 2 aliphatic heterocycles. The van der Waals surface area contributed by atoms with Gasteiger partial charge in [-0.25, -0.2) is 4.79 Å². The maximum atomic E-state index is 13.4. The molecule has 0 spiro atoms. The number of ether oxygens (including phenoxy) is 6. The number of hydrogen-bond acceptors (Lipinski definition) is 8. The lowest BCUT2D eigenvalue weighted by atomic mass is 9.87. The zero-order valence-corrected chi connectivity index (χ0v) is 21.2. The van der Waals surface area contributed by atoms with Crippen LogP contribution in [0.3, 0.4) is 0 Å². The smallest absolute Gasteiger partial charge is 0.342 e. The summed E-state index contributed by atoms with van der Waals surface area (Å²) >= 11 is 0. The SMILES string of the molecule is C=CCOc1cc(OC)ccc1CC1=C(c2ccc3c(c2)OCO3)C(=O)OC1(O)c1ccc(OCC)cc1. The minimum Gasteiger partial charge on any atom is -0.497 e. The first-order valence-electron chi connectivity index (χ1n) is 12.2.